The highest BCUT2D eigenvalue weighted by atomic mass is 31.2. The van der Waals surface area contributed by atoms with Gasteiger partial charge in [-0.25, -0.2) is 0 Å². The Kier molecular flexibility index (Phi) is 42.1. The molecule has 2 atom stereocenters. The molecule has 0 aromatic carbocycles. The third-order valence-electron chi connectivity index (χ3n) is 11.3. The van der Waals surface area contributed by atoms with E-state index >= 15 is 0 Å². The fourth-order valence-electron chi connectivity index (χ4n) is 7.30. The second-order valence-electron chi connectivity index (χ2n) is 18.5. The van der Waals surface area contributed by atoms with E-state index in [9.17, 15) is 19.0 Å². The number of nitrogens with zero attached hydrogens (tertiary/aromatic N) is 1. The maximum atomic E-state index is 12.7. The van der Waals surface area contributed by atoms with Crippen molar-refractivity contribution < 1.29 is 42.1 Å². The summed E-state index contributed by atoms with van der Waals surface area (Å²) in [6.45, 7) is 4.27. The first kappa shape index (κ1) is 58.8. The van der Waals surface area contributed by atoms with Crippen molar-refractivity contribution in [2.75, 3.05) is 47.5 Å². The molecule has 9 nitrogen and oxygen atoms in total. The highest BCUT2D eigenvalue weighted by molar-refractivity contribution is 7.45. The Balaban J connectivity index is 4.23. The van der Waals surface area contributed by atoms with Crippen LogP contribution in [0.25, 0.3) is 0 Å². The minimum Gasteiger partial charge on any atom is -0.756 e. The van der Waals surface area contributed by atoms with E-state index in [0.29, 0.717) is 17.4 Å². The van der Waals surface area contributed by atoms with Crippen LogP contribution in [0, 0.1) is 0 Å². The summed E-state index contributed by atoms with van der Waals surface area (Å²) in [6.07, 6.45) is 46.6. The normalized spacial score (nSPS) is 13.5. The number of hydrogen-bond donors (Lipinski definition) is 0. The average Bonchev–Trinajstić information content (AvgIpc) is 3.20. The van der Waals surface area contributed by atoms with E-state index in [-0.39, 0.29) is 32.0 Å². The molecule has 0 radical (unpaired) electrons. The van der Waals surface area contributed by atoms with Gasteiger partial charge < -0.3 is 27.9 Å². The smallest absolute Gasteiger partial charge is 0.306 e. The van der Waals surface area contributed by atoms with Crippen LogP contribution in [0.5, 0.6) is 0 Å². The molecule has 0 fully saturated rings. The molecule has 0 heterocycles. The van der Waals surface area contributed by atoms with Crippen molar-refractivity contribution in [3.63, 3.8) is 0 Å². The van der Waals surface area contributed by atoms with Gasteiger partial charge in [-0.3, -0.25) is 14.2 Å². The lowest BCUT2D eigenvalue weighted by Crippen LogP contribution is -2.37. The number of ether oxygens (including phenoxy) is 2. The zero-order valence-corrected chi connectivity index (χ0v) is 41.1. The Morgan fingerprint density at radius 3 is 1.23 bits per heavy atom. The maximum Gasteiger partial charge on any atom is 0.306 e. The lowest BCUT2D eigenvalue weighted by molar-refractivity contribution is -0.870. The molecule has 0 aliphatic carbocycles. The Morgan fingerprint density at radius 2 is 0.850 bits per heavy atom. The molecule has 0 amide bonds. The van der Waals surface area contributed by atoms with Gasteiger partial charge in [0, 0.05) is 12.8 Å². The summed E-state index contributed by atoms with van der Waals surface area (Å²) in [5.74, 6) is -0.824. The van der Waals surface area contributed by atoms with Gasteiger partial charge in [-0.2, -0.15) is 0 Å². The second kappa shape index (κ2) is 43.0. The van der Waals surface area contributed by atoms with Gasteiger partial charge in [0.05, 0.1) is 27.7 Å². The third kappa shape index (κ3) is 46.3. The molecule has 0 aliphatic heterocycles. The number of esters is 2. The largest absolute Gasteiger partial charge is 0.756 e. The molecule has 10 heteroatoms. The number of hydrogen-bond acceptors (Lipinski definition) is 8. The molecule has 0 saturated carbocycles. The van der Waals surface area contributed by atoms with E-state index in [1.54, 1.807) is 0 Å². The number of carbonyl (C=O) groups is 2. The van der Waals surface area contributed by atoms with Gasteiger partial charge in [0.25, 0.3) is 7.82 Å². The number of rotatable bonds is 47. The summed E-state index contributed by atoms with van der Waals surface area (Å²) in [5.41, 5.74) is 0. The standard InChI is InChI=1S/C50H98NO8P/c1-6-8-10-12-14-16-18-20-22-24-25-27-28-30-32-34-36-38-40-42-49(52)56-46-48(47-58-60(54,55)57-45-44-51(3,4)5)59-50(53)43-41-39-37-35-33-31-29-26-23-21-19-17-15-13-11-9-7-2/h21,23,48H,6-20,22,24-47H2,1-5H3/b23-21+/t48-/m1/s1. The SMILES string of the molecule is CCCCCCCC/C=C/CCCCCCCCCC(=O)O[C@H](COC(=O)CCCCCCCCCCCCCCCCCCCCC)COP(=O)([O-])OCC[N+](C)(C)C. The van der Waals surface area contributed by atoms with E-state index in [0.717, 1.165) is 44.9 Å². The Labute approximate surface area is 371 Å². The minimum atomic E-state index is -4.62. The highest BCUT2D eigenvalue weighted by Crippen LogP contribution is 2.38. The van der Waals surface area contributed by atoms with Crippen molar-refractivity contribution in [3.05, 3.63) is 12.2 Å². The number of carbonyl (C=O) groups excluding carboxylic acids is 2. The van der Waals surface area contributed by atoms with E-state index in [1.165, 1.54) is 167 Å². The first-order valence-electron chi connectivity index (χ1n) is 25.4. The molecule has 0 N–H and O–H groups in total. The number of unbranched alkanes of at least 4 members (excludes halogenated alkanes) is 31. The van der Waals surface area contributed by atoms with Gasteiger partial charge in [-0.1, -0.05) is 206 Å². The van der Waals surface area contributed by atoms with Crippen molar-refractivity contribution >= 4 is 19.8 Å². The molecule has 0 rings (SSSR count). The van der Waals surface area contributed by atoms with Crippen molar-refractivity contribution in [2.24, 2.45) is 0 Å². The topological polar surface area (TPSA) is 111 Å². The van der Waals surface area contributed by atoms with Crippen LogP contribution in [0.4, 0.5) is 0 Å². The summed E-state index contributed by atoms with van der Waals surface area (Å²) < 4.78 is 34.0. The highest BCUT2D eigenvalue weighted by Gasteiger charge is 2.21. The lowest BCUT2D eigenvalue weighted by Gasteiger charge is -2.28. The molecule has 0 spiro atoms. The van der Waals surface area contributed by atoms with Crippen LogP contribution in [0.2, 0.25) is 0 Å². The molecule has 0 aromatic rings. The molecule has 0 saturated heterocycles. The van der Waals surface area contributed by atoms with Gasteiger partial charge >= 0.3 is 11.9 Å². The molecule has 1 unspecified atom stereocenters. The zero-order valence-electron chi connectivity index (χ0n) is 40.2. The molecular weight excluding hydrogens is 774 g/mol. The van der Waals surface area contributed by atoms with E-state index in [2.05, 4.69) is 26.0 Å². The Bertz CT molecular complexity index is 1030. The zero-order chi connectivity index (χ0) is 44.3. The summed E-state index contributed by atoms with van der Waals surface area (Å²) in [6, 6.07) is 0. The predicted molar refractivity (Wildman–Crippen MR) is 250 cm³/mol. The third-order valence-corrected chi connectivity index (χ3v) is 12.2. The number of phosphoric acid groups is 1. The Morgan fingerprint density at radius 1 is 0.500 bits per heavy atom. The van der Waals surface area contributed by atoms with Crippen molar-refractivity contribution in [1.29, 1.82) is 0 Å². The van der Waals surface area contributed by atoms with Gasteiger partial charge in [0.2, 0.25) is 0 Å². The molecular formula is C50H98NO8P. The van der Waals surface area contributed by atoms with Gasteiger partial charge in [-0.05, 0) is 38.5 Å². The van der Waals surface area contributed by atoms with E-state index in [1.807, 2.05) is 21.1 Å². The van der Waals surface area contributed by atoms with Gasteiger partial charge in [-0.15, -0.1) is 0 Å². The molecule has 0 aromatic heterocycles. The fraction of sp³-hybridized carbons (Fsp3) is 0.920. The van der Waals surface area contributed by atoms with Crippen LogP contribution in [-0.2, 0) is 32.7 Å². The molecule has 60 heavy (non-hydrogen) atoms. The first-order valence-corrected chi connectivity index (χ1v) is 26.9. The van der Waals surface area contributed by atoms with Crippen molar-refractivity contribution in [1.82, 2.24) is 0 Å². The van der Waals surface area contributed by atoms with Crippen LogP contribution in [0.3, 0.4) is 0 Å². The summed E-state index contributed by atoms with van der Waals surface area (Å²) in [7, 11) is 1.18. The quantitative estimate of drug-likeness (QED) is 0.0195. The number of phosphoric ester groups is 1. The number of allylic oxidation sites excluding steroid dienone is 2. The van der Waals surface area contributed by atoms with Gasteiger partial charge in [0.15, 0.2) is 6.10 Å². The summed E-state index contributed by atoms with van der Waals surface area (Å²) in [5, 5.41) is 0. The van der Waals surface area contributed by atoms with E-state index < -0.39 is 26.5 Å². The minimum absolute atomic E-state index is 0.0283. The molecule has 356 valence electrons. The maximum absolute atomic E-state index is 12.7. The van der Waals surface area contributed by atoms with Crippen LogP contribution in [0.1, 0.15) is 245 Å². The van der Waals surface area contributed by atoms with E-state index in [4.69, 9.17) is 18.5 Å². The lowest BCUT2D eigenvalue weighted by atomic mass is 10.0. The Hall–Kier alpha value is -1.25. The van der Waals surface area contributed by atoms with Crippen LogP contribution < -0.4 is 4.89 Å². The fourth-order valence-corrected chi connectivity index (χ4v) is 8.03. The number of likely N-dealkylation sites (N-methyl/N-ethyl adjacent to an activating group) is 1. The summed E-state index contributed by atoms with van der Waals surface area (Å²) in [4.78, 5) is 37.7. The average molecular weight is 872 g/mol. The number of quaternary nitrogens is 1. The monoisotopic (exact) mass is 872 g/mol. The second-order valence-corrected chi connectivity index (χ2v) is 20.0. The van der Waals surface area contributed by atoms with Crippen LogP contribution in [0.15, 0.2) is 12.2 Å². The summed E-state index contributed by atoms with van der Waals surface area (Å²) >= 11 is 0. The molecule has 0 aliphatic rings. The van der Waals surface area contributed by atoms with Crippen LogP contribution >= 0.6 is 7.82 Å². The first-order chi connectivity index (χ1) is 29.0. The van der Waals surface area contributed by atoms with Crippen LogP contribution in [-0.4, -0.2) is 70.0 Å². The predicted octanol–water partition coefficient (Wildman–Crippen LogP) is 14.3. The van der Waals surface area contributed by atoms with Crippen molar-refractivity contribution in [3.8, 4) is 0 Å². The molecule has 0 bridgehead atoms. The van der Waals surface area contributed by atoms with Crippen molar-refractivity contribution in [2.45, 2.75) is 251 Å². The van der Waals surface area contributed by atoms with Gasteiger partial charge in [0.1, 0.15) is 19.8 Å².